The zero-order chi connectivity index (χ0) is 19.7. The van der Waals surface area contributed by atoms with Crippen molar-refractivity contribution in [2.24, 2.45) is 7.05 Å². The van der Waals surface area contributed by atoms with Crippen molar-refractivity contribution in [1.29, 1.82) is 0 Å². The van der Waals surface area contributed by atoms with E-state index in [0.717, 1.165) is 29.3 Å². The van der Waals surface area contributed by atoms with Gasteiger partial charge in [-0.3, -0.25) is 9.48 Å². The van der Waals surface area contributed by atoms with Crippen molar-refractivity contribution in [1.82, 2.24) is 24.6 Å². The van der Waals surface area contributed by atoms with Crippen molar-refractivity contribution >= 4 is 5.91 Å². The molecule has 0 saturated carbocycles. The number of likely N-dealkylation sites (tertiary alicyclic amines) is 1. The second-order valence-corrected chi connectivity index (χ2v) is 7.21. The number of benzene rings is 1. The zero-order valence-electron chi connectivity index (χ0n) is 16.3. The molecule has 0 radical (unpaired) electrons. The molecule has 28 heavy (non-hydrogen) atoms. The van der Waals surface area contributed by atoms with Crippen LogP contribution in [-0.2, 0) is 7.05 Å². The standard InChI is InChI=1S/C21H23N5O2/c1-14-6-4-5-7-18(14)28-19-10-15(2)23-20(24-19)16-8-9-26(13-16)21(27)17-11-22-25(3)12-17/h4-7,10-12,16H,8-9,13H2,1-3H3/t16-/m1/s1. The molecule has 1 aliphatic heterocycles. The van der Waals surface area contributed by atoms with Crippen molar-refractivity contribution in [2.45, 2.75) is 26.2 Å². The summed E-state index contributed by atoms with van der Waals surface area (Å²) in [5.41, 5.74) is 2.51. The molecule has 1 aliphatic rings. The maximum absolute atomic E-state index is 12.7. The number of rotatable bonds is 4. The summed E-state index contributed by atoms with van der Waals surface area (Å²) in [6, 6.07) is 9.68. The lowest BCUT2D eigenvalue weighted by atomic mass is 10.1. The van der Waals surface area contributed by atoms with Crippen molar-refractivity contribution in [2.75, 3.05) is 13.1 Å². The molecule has 0 spiro atoms. The number of hydrogen-bond donors (Lipinski definition) is 0. The van der Waals surface area contributed by atoms with Gasteiger partial charge in [0.25, 0.3) is 5.91 Å². The number of carbonyl (C=O) groups is 1. The second-order valence-electron chi connectivity index (χ2n) is 7.21. The minimum Gasteiger partial charge on any atom is -0.439 e. The minimum atomic E-state index is -0.000336. The number of ether oxygens (including phenoxy) is 1. The lowest BCUT2D eigenvalue weighted by molar-refractivity contribution is 0.0790. The third-order valence-corrected chi connectivity index (χ3v) is 4.95. The first-order valence-corrected chi connectivity index (χ1v) is 9.36. The largest absolute Gasteiger partial charge is 0.439 e. The van der Waals surface area contributed by atoms with Gasteiger partial charge in [-0.05, 0) is 31.9 Å². The van der Waals surface area contributed by atoms with E-state index < -0.39 is 0 Å². The Kier molecular flexibility index (Phi) is 4.81. The lowest BCUT2D eigenvalue weighted by Gasteiger charge is -2.16. The molecule has 1 fully saturated rings. The summed E-state index contributed by atoms with van der Waals surface area (Å²) < 4.78 is 7.63. The van der Waals surface area contributed by atoms with E-state index in [4.69, 9.17) is 4.74 Å². The number of nitrogens with zero attached hydrogens (tertiary/aromatic N) is 5. The van der Waals surface area contributed by atoms with E-state index in [1.54, 1.807) is 24.1 Å². The van der Waals surface area contributed by atoms with E-state index in [1.165, 1.54) is 0 Å². The molecule has 3 aromatic rings. The third kappa shape index (κ3) is 3.74. The first kappa shape index (κ1) is 18.2. The first-order valence-electron chi connectivity index (χ1n) is 9.36. The van der Waals surface area contributed by atoms with Crippen LogP contribution in [0.4, 0.5) is 0 Å². The molecule has 4 rings (SSSR count). The van der Waals surface area contributed by atoms with Crippen LogP contribution in [0.15, 0.2) is 42.7 Å². The van der Waals surface area contributed by atoms with E-state index in [-0.39, 0.29) is 11.8 Å². The number of para-hydroxylation sites is 1. The summed E-state index contributed by atoms with van der Waals surface area (Å²) in [6.07, 6.45) is 4.18. The van der Waals surface area contributed by atoms with Crippen molar-refractivity contribution < 1.29 is 9.53 Å². The fourth-order valence-electron chi connectivity index (χ4n) is 3.45. The molecule has 0 aliphatic carbocycles. The monoisotopic (exact) mass is 377 g/mol. The van der Waals surface area contributed by atoms with Crippen LogP contribution in [-0.4, -0.2) is 43.6 Å². The Balaban J connectivity index is 1.51. The third-order valence-electron chi connectivity index (χ3n) is 4.95. The summed E-state index contributed by atoms with van der Waals surface area (Å²) in [4.78, 5) is 23.7. The molecule has 3 heterocycles. The minimum absolute atomic E-state index is 0.000336. The molecule has 2 aromatic heterocycles. The normalized spacial score (nSPS) is 16.4. The van der Waals surface area contributed by atoms with Gasteiger partial charge in [-0.25, -0.2) is 4.98 Å². The summed E-state index contributed by atoms with van der Waals surface area (Å²) in [7, 11) is 1.81. The Hall–Kier alpha value is -3.22. The number of aromatic nitrogens is 4. The van der Waals surface area contributed by atoms with Gasteiger partial charge in [0.15, 0.2) is 0 Å². The molecular weight excluding hydrogens is 354 g/mol. The van der Waals surface area contributed by atoms with E-state index in [1.807, 2.05) is 49.1 Å². The van der Waals surface area contributed by atoms with E-state index >= 15 is 0 Å². The Morgan fingerprint density at radius 1 is 1.21 bits per heavy atom. The van der Waals surface area contributed by atoms with Crippen LogP contribution in [0.5, 0.6) is 11.6 Å². The van der Waals surface area contributed by atoms with Gasteiger partial charge in [0.2, 0.25) is 5.88 Å². The molecule has 1 amide bonds. The Bertz CT molecular complexity index is 1010. The van der Waals surface area contributed by atoms with E-state index in [2.05, 4.69) is 15.1 Å². The number of amides is 1. The van der Waals surface area contributed by atoms with Crippen LogP contribution < -0.4 is 4.74 Å². The average Bonchev–Trinajstić information content (AvgIpc) is 3.32. The van der Waals surface area contributed by atoms with Gasteiger partial charge in [-0.1, -0.05) is 18.2 Å². The Labute approximate surface area is 164 Å². The first-order chi connectivity index (χ1) is 13.5. The molecule has 7 nitrogen and oxygen atoms in total. The van der Waals surface area contributed by atoms with Crippen LogP contribution in [0.1, 0.15) is 39.8 Å². The van der Waals surface area contributed by atoms with E-state index in [9.17, 15) is 4.79 Å². The number of carbonyl (C=O) groups excluding carboxylic acids is 1. The van der Waals surface area contributed by atoms with Gasteiger partial charge in [0, 0.05) is 44.0 Å². The average molecular weight is 377 g/mol. The summed E-state index contributed by atoms with van der Waals surface area (Å²) in [5.74, 6) is 2.14. The molecule has 1 aromatic carbocycles. The molecule has 1 saturated heterocycles. The van der Waals surface area contributed by atoms with Gasteiger partial charge in [-0.2, -0.15) is 10.1 Å². The zero-order valence-corrected chi connectivity index (χ0v) is 16.3. The maximum atomic E-state index is 12.7. The quantitative estimate of drug-likeness (QED) is 0.698. The predicted molar refractivity (Wildman–Crippen MR) is 104 cm³/mol. The molecule has 7 heteroatoms. The summed E-state index contributed by atoms with van der Waals surface area (Å²) in [5, 5.41) is 4.08. The van der Waals surface area contributed by atoms with Crippen molar-refractivity contribution in [3.8, 4) is 11.6 Å². The van der Waals surface area contributed by atoms with Crippen LogP contribution in [0.3, 0.4) is 0 Å². The number of hydrogen-bond acceptors (Lipinski definition) is 5. The highest BCUT2D eigenvalue weighted by Crippen LogP contribution is 2.29. The topological polar surface area (TPSA) is 73.1 Å². The Morgan fingerprint density at radius 3 is 2.79 bits per heavy atom. The van der Waals surface area contributed by atoms with Gasteiger partial charge in [-0.15, -0.1) is 0 Å². The molecule has 0 N–H and O–H groups in total. The van der Waals surface area contributed by atoms with Crippen LogP contribution in [0.25, 0.3) is 0 Å². The van der Waals surface area contributed by atoms with Gasteiger partial charge < -0.3 is 9.64 Å². The molecular formula is C21H23N5O2. The van der Waals surface area contributed by atoms with Crippen molar-refractivity contribution in [3.63, 3.8) is 0 Å². The van der Waals surface area contributed by atoms with Crippen LogP contribution in [0, 0.1) is 13.8 Å². The maximum Gasteiger partial charge on any atom is 0.257 e. The molecule has 0 bridgehead atoms. The van der Waals surface area contributed by atoms with Gasteiger partial charge >= 0.3 is 0 Å². The van der Waals surface area contributed by atoms with Gasteiger partial charge in [0.05, 0.1) is 11.8 Å². The van der Waals surface area contributed by atoms with Crippen LogP contribution >= 0.6 is 0 Å². The van der Waals surface area contributed by atoms with E-state index in [0.29, 0.717) is 24.5 Å². The highest BCUT2D eigenvalue weighted by atomic mass is 16.5. The number of aryl methyl sites for hydroxylation is 3. The Morgan fingerprint density at radius 2 is 2.04 bits per heavy atom. The van der Waals surface area contributed by atoms with Crippen molar-refractivity contribution in [3.05, 3.63) is 65.4 Å². The SMILES string of the molecule is Cc1cc(Oc2ccccc2C)nc([C@@H]2CCN(C(=O)c3cnn(C)c3)C2)n1. The fourth-order valence-corrected chi connectivity index (χ4v) is 3.45. The van der Waals surface area contributed by atoms with Gasteiger partial charge in [0.1, 0.15) is 11.6 Å². The fraction of sp³-hybridized carbons (Fsp3) is 0.333. The summed E-state index contributed by atoms with van der Waals surface area (Å²) >= 11 is 0. The van der Waals surface area contributed by atoms with Crippen LogP contribution in [0.2, 0.25) is 0 Å². The smallest absolute Gasteiger partial charge is 0.257 e. The highest BCUT2D eigenvalue weighted by molar-refractivity contribution is 5.93. The predicted octanol–water partition coefficient (Wildman–Crippen LogP) is 3.25. The summed E-state index contributed by atoms with van der Waals surface area (Å²) in [6.45, 7) is 5.22. The highest BCUT2D eigenvalue weighted by Gasteiger charge is 2.30. The molecule has 1 atom stereocenters. The molecule has 0 unspecified atom stereocenters. The molecule has 144 valence electrons. The lowest BCUT2D eigenvalue weighted by Crippen LogP contribution is -2.28. The second kappa shape index (κ2) is 7.42.